The lowest BCUT2D eigenvalue weighted by Gasteiger charge is -2.41. The van der Waals surface area contributed by atoms with Crippen LogP contribution in [0.2, 0.25) is 0 Å². The van der Waals surface area contributed by atoms with E-state index >= 15 is 0 Å². The van der Waals surface area contributed by atoms with E-state index in [2.05, 4.69) is 49.2 Å². The Bertz CT molecular complexity index is 405. The Morgan fingerprint density at radius 1 is 1.42 bits per heavy atom. The molecule has 1 heterocycles. The van der Waals surface area contributed by atoms with Gasteiger partial charge in [-0.1, -0.05) is 19.9 Å². The van der Waals surface area contributed by atoms with E-state index in [0.717, 1.165) is 24.8 Å². The molecule has 1 N–H and O–H groups in total. The van der Waals surface area contributed by atoms with E-state index < -0.39 is 0 Å². The molecule has 106 valence electrons. The number of benzene rings is 1. The van der Waals surface area contributed by atoms with Crippen molar-refractivity contribution in [3.63, 3.8) is 0 Å². The van der Waals surface area contributed by atoms with Crippen molar-refractivity contribution in [2.45, 2.75) is 39.3 Å². The molecule has 2 atom stereocenters. The first-order valence-electron chi connectivity index (χ1n) is 7.24. The Morgan fingerprint density at radius 3 is 2.89 bits per heavy atom. The number of hydrogen-bond acceptors (Lipinski definition) is 3. The second-order valence-electron chi connectivity index (χ2n) is 5.94. The number of piperazine rings is 1. The van der Waals surface area contributed by atoms with Crippen LogP contribution in [0.25, 0.3) is 0 Å². The molecule has 3 nitrogen and oxygen atoms in total. The number of methoxy groups -OCH3 is 1. The molecule has 2 unspecified atom stereocenters. The lowest BCUT2D eigenvalue weighted by Crippen LogP contribution is -2.55. The van der Waals surface area contributed by atoms with Crippen LogP contribution in [0.4, 0.5) is 5.69 Å². The monoisotopic (exact) mass is 262 g/mol. The van der Waals surface area contributed by atoms with E-state index in [1.165, 1.54) is 12.1 Å². The van der Waals surface area contributed by atoms with Crippen LogP contribution in [0.1, 0.15) is 27.2 Å². The molecule has 1 fully saturated rings. The van der Waals surface area contributed by atoms with E-state index in [1.54, 1.807) is 7.11 Å². The number of ether oxygens (including phenoxy) is 1. The fourth-order valence-corrected chi connectivity index (χ4v) is 2.81. The van der Waals surface area contributed by atoms with Crippen molar-refractivity contribution in [3.8, 4) is 5.75 Å². The maximum Gasteiger partial charge on any atom is 0.120 e. The Morgan fingerprint density at radius 2 is 2.21 bits per heavy atom. The molecule has 0 aliphatic carbocycles. The van der Waals surface area contributed by atoms with E-state index in [1.807, 2.05) is 6.07 Å². The molecular formula is C16H26N2O. The Kier molecular flexibility index (Phi) is 4.70. The Labute approximate surface area is 116 Å². The first kappa shape index (κ1) is 14.2. The van der Waals surface area contributed by atoms with Gasteiger partial charge in [0.2, 0.25) is 0 Å². The van der Waals surface area contributed by atoms with Gasteiger partial charge in [0.05, 0.1) is 7.11 Å². The third-order valence-corrected chi connectivity index (χ3v) is 3.79. The second kappa shape index (κ2) is 6.29. The summed E-state index contributed by atoms with van der Waals surface area (Å²) in [6, 6.07) is 9.49. The summed E-state index contributed by atoms with van der Waals surface area (Å²) in [7, 11) is 1.72. The fourth-order valence-electron chi connectivity index (χ4n) is 2.81. The third kappa shape index (κ3) is 3.63. The van der Waals surface area contributed by atoms with Crippen LogP contribution in [0.15, 0.2) is 24.3 Å². The van der Waals surface area contributed by atoms with Gasteiger partial charge in [-0.05, 0) is 31.4 Å². The van der Waals surface area contributed by atoms with Crippen LogP contribution < -0.4 is 15.0 Å². The van der Waals surface area contributed by atoms with Crippen molar-refractivity contribution in [3.05, 3.63) is 24.3 Å². The molecular weight excluding hydrogens is 236 g/mol. The number of nitrogens with one attached hydrogen (secondary N) is 1. The molecule has 1 saturated heterocycles. The van der Waals surface area contributed by atoms with Gasteiger partial charge in [-0.3, -0.25) is 0 Å². The predicted molar refractivity (Wildman–Crippen MR) is 81.0 cm³/mol. The normalized spacial score (nSPS) is 23.7. The Balaban J connectivity index is 2.11. The summed E-state index contributed by atoms with van der Waals surface area (Å²) in [6.45, 7) is 8.98. The van der Waals surface area contributed by atoms with Crippen molar-refractivity contribution in [2.24, 2.45) is 5.92 Å². The second-order valence-corrected chi connectivity index (χ2v) is 5.94. The lowest BCUT2D eigenvalue weighted by atomic mass is 9.99. The molecule has 0 spiro atoms. The highest BCUT2D eigenvalue weighted by Crippen LogP contribution is 2.25. The van der Waals surface area contributed by atoms with Gasteiger partial charge in [0, 0.05) is 36.9 Å². The smallest absolute Gasteiger partial charge is 0.120 e. The molecule has 0 aromatic heterocycles. The highest BCUT2D eigenvalue weighted by Gasteiger charge is 2.25. The van der Waals surface area contributed by atoms with Crippen LogP contribution in [0, 0.1) is 5.92 Å². The van der Waals surface area contributed by atoms with Crippen LogP contribution in [0.5, 0.6) is 5.75 Å². The molecule has 1 aliphatic rings. The van der Waals surface area contributed by atoms with Crippen LogP contribution >= 0.6 is 0 Å². The van der Waals surface area contributed by atoms with Crippen molar-refractivity contribution >= 4 is 5.69 Å². The molecule has 0 radical (unpaired) electrons. The minimum Gasteiger partial charge on any atom is -0.497 e. The first-order valence-corrected chi connectivity index (χ1v) is 7.24. The highest BCUT2D eigenvalue weighted by molar-refractivity contribution is 5.52. The van der Waals surface area contributed by atoms with Gasteiger partial charge in [-0.2, -0.15) is 0 Å². The predicted octanol–water partition coefficient (Wildman–Crippen LogP) is 2.91. The minimum absolute atomic E-state index is 0.524. The standard InChI is InChI=1S/C16H26N2O/c1-12(2)8-14-11-18(13(3)10-17-14)15-6-5-7-16(9-15)19-4/h5-7,9,12-14,17H,8,10-11H2,1-4H3. The summed E-state index contributed by atoms with van der Waals surface area (Å²) in [5, 5.41) is 3.66. The topological polar surface area (TPSA) is 24.5 Å². The molecule has 1 aromatic carbocycles. The molecule has 0 saturated carbocycles. The summed E-state index contributed by atoms with van der Waals surface area (Å²) in [5.41, 5.74) is 1.27. The largest absolute Gasteiger partial charge is 0.497 e. The zero-order chi connectivity index (χ0) is 13.8. The van der Waals surface area contributed by atoms with Gasteiger partial charge >= 0.3 is 0 Å². The molecule has 3 heteroatoms. The number of rotatable bonds is 4. The third-order valence-electron chi connectivity index (χ3n) is 3.79. The number of anilines is 1. The zero-order valence-electron chi connectivity index (χ0n) is 12.5. The van der Waals surface area contributed by atoms with Crippen molar-refractivity contribution in [2.75, 3.05) is 25.1 Å². The van der Waals surface area contributed by atoms with Crippen LogP contribution in [0.3, 0.4) is 0 Å². The average Bonchev–Trinajstić information content (AvgIpc) is 2.40. The first-order chi connectivity index (χ1) is 9.10. The fraction of sp³-hybridized carbons (Fsp3) is 0.625. The molecule has 2 rings (SSSR count). The van der Waals surface area contributed by atoms with Crippen molar-refractivity contribution in [1.29, 1.82) is 0 Å². The molecule has 19 heavy (non-hydrogen) atoms. The average molecular weight is 262 g/mol. The molecule has 0 amide bonds. The highest BCUT2D eigenvalue weighted by atomic mass is 16.5. The minimum atomic E-state index is 0.524. The van der Waals surface area contributed by atoms with Crippen molar-refractivity contribution in [1.82, 2.24) is 5.32 Å². The summed E-state index contributed by atoms with van der Waals surface area (Å²) in [5.74, 6) is 1.67. The van der Waals surface area contributed by atoms with Gasteiger partial charge in [0.1, 0.15) is 5.75 Å². The van der Waals surface area contributed by atoms with Gasteiger partial charge in [-0.15, -0.1) is 0 Å². The number of nitrogens with zero attached hydrogens (tertiary/aromatic N) is 1. The number of hydrogen-bond donors (Lipinski definition) is 1. The zero-order valence-corrected chi connectivity index (χ0v) is 12.5. The van der Waals surface area contributed by atoms with Crippen LogP contribution in [-0.4, -0.2) is 32.3 Å². The molecule has 1 aliphatic heterocycles. The molecule has 0 bridgehead atoms. The summed E-state index contributed by atoms with van der Waals surface area (Å²) < 4.78 is 5.33. The maximum absolute atomic E-state index is 5.33. The molecule has 1 aromatic rings. The summed E-state index contributed by atoms with van der Waals surface area (Å²) in [4.78, 5) is 2.49. The van der Waals surface area contributed by atoms with Crippen LogP contribution in [-0.2, 0) is 0 Å². The summed E-state index contributed by atoms with van der Waals surface area (Å²) >= 11 is 0. The van der Waals surface area contributed by atoms with Crippen molar-refractivity contribution < 1.29 is 4.74 Å². The SMILES string of the molecule is COc1cccc(N2CC(CC(C)C)NCC2C)c1. The van der Waals surface area contributed by atoms with E-state index in [4.69, 9.17) is 4.74 Å². The maximum atomic E-state index is 5.33. The summed E-state index contributed by atoms with van der Waals surface area (Å²) in [6.07, 6.45) is 1.23. The van der Waals surface area contributed by atoms with Gasteiger partial charge in [0.25, 0.3) is 0 Å². The van der Waals surface area contributed by atoms with E-state index in [-0.39, 0.29) is 0 Å². The lowest BCUT2D eigenvalue weighted by molar-refractivity contribution is 0.355. The van der Waals surface area contributed by atoms with Gasteiger partial charge < -0.3 is 15.0 Å². The van der Waals surface area contributed by atoms with Gasteiger partial charge in [0.15, 0.2) is 0 Å². The quantitative estimate of drug-likeness (QED) is 0.903. The van der Waals surface area contributed by atoms with E-state index in [0.29, 0.717) is 12.1 Å². The van der Waals surface area contributed by atoms with Gasteiger partial charge in [-0.25, -0.2) is 0 Å². The Hall–Kier alpha value is -1.22. The van der Waals surface area contributed by atoms with E-state index in [9.17, 15) is 0 Å².